The van der Waals surface area contributed by atoms with Crippen molar-refractivity contribution in [3.8, 4) is 5.75 Å². The minimum Gasteiger partial charge on any atom is -0.427 e. The van der Waals surface area contributed by atoms with Crippen LogP contribution in [0.3, 0.4) is 0 Å². The number of anilines is 1. The summed E-state index contributed by atoms with van der Waals surface area (Å²) in [5.74, 6) is -2.79. The number of amides is 2. The monoisotopic (exact) mass is 554 g/mol. The van der Waals surface area contributed by atoms with E-state index in [2.05, 4.69) is 20.1 Å². The molecule has 2 amide bonds. The molecule has 0 saturated carbocycles. The number of nitrogens with one attached hydrogen (secondary N) is 2. The zero-order valence-electron chi connectivity index (χ0n) is 18.1. The number of hydrogen-bond acceptors (Lipinski definition) is 3. The average molecular weight is 555 g/mol. The summed E-state index contributed by atoms with van der Waals surface area (Å²) in [6.45, 7) is 0. The van der Waals surface area contributed by atoms with Crippen molar-refractivity contribution >= 4 is 23.3 Å². The van der Waals surface area contributed by atoms with Crippen LogP contribution in [0, 0.1) is 11.6 Å². The molecule has 0 aliphatic rings. The van der Waals surface area contributed by atoms with Crippen molar-refractivity contribution in [1.29, 1.82) is 0 Å². The summed E-state index contributed by atoms with van der Waals surface area (Å²) in [6.07, 6.45) is -15.0. The van der Waals surface area contributed by atoms with E-state index in [9.17, 15) is 39.9 Å². The van der Waals surface area contributed by atoms with Gasteiger partial charge in [0.25, 0.3) is 0 Å². The molecule has 14 heteroatoms. The topological polar surface area (TPSA) is 59.6 Å². The Bertz CT molecular complexity index is 1220. The van der Waals surface area contributed by atoms with E-state index in [1.54, 1.807) is 18.2 Å². The number of alkyl halides is 6. The molecule has 0 bridgehead atoms. The highest BCUT2D eigenvalue weighted by molar-refractivity contribution is 6.32. The molecule has 2 atom stereocenters. The van der Waals surface area contributed by atoms with Crippen molar-refractivity contribution in [2.75, 3.05) is 5.32 Å². The van der Waals surface area contributed by atoms with Gasteiger partial charge >= 0.3 is 24.9 Å². The van der Waals surface area contributed by atoms with Crippen LogP contribution in [0.25, 0.3) is 0 Å². The first-order chi connectivity index (χ1) is 17.3. The largest absolute Gasteiger partial charge is 0.525 e. The van der Waals surface area contributed by atoms with Crippen LogP contribution in [0.4, 0.5) is 45.6 Å². The normalized spacial score (nSPS) is 13.5. The Morgan fingerprint density at radius 3 is 2.08 bits per heavy atom. The van der Waals surface area contributed by atoms with Crippen LogP contribution in [0.1, 0.15) is 17.2 Å². The highest BCUT2D eigenvalue weighted by Crippen LogP contribution is 2.36. The Kier molecular flexibility index (Phi) is 8.49. The number of ether oxygens (including phenoxy) is 2. The van der Waals surface area contributed by atoms with Crippen LogP contribution in [0.5, 0.6) is 5.75 Å². The van der Waals surface area contributed by atoms with Crippen LogP contribution >= 0.6 is 11.6 Å². The Morgan fingerprint density at radius 1 is 0.892 bits per heavy atom. The van der Waals surface area contributed by atoms with Gasteiger partial charge in [-0.3, -0.25) is 0 Å². The van der Waals surface area contributed by atoms with E-state index in [-0.39, 0.29) is 5.69 Å². The van der Waals surface area contributed by atoms with Gasteiger partial charge in [-0.15, -0.1) is 13.2 Å². The first kappa shape index (κ1) is 28.0. The van der Waals surface area contributed by atoms with E-state index < -0.39 is 58.9 Å². The minimum absolute atomic E-state index is 0.137. The lowest BCUT2D eigenvalue weighted by molar-refractivity contribution is -0.411. The number of rotatable bonds is 8. The molecule has 0 radical (unpaired) electrons. The highest BCUT2D eigenvalue weighted by Gasteiger charge is 2.50. The lowest BCUT2D eigenvalue weighted by atomic mass is 9.98. The van der Waals surface area contributed by atoms with E-state index in [1.165, 1.54) is 12.1 Å². The van der Waals surface area contributed by atoms with E-state index in [0.717, 1.165) is 36.4 Å². The summed E-state index contributed by atoms with van der Waals surface area (Å²) in [6, 6.07) is 11.3. The van der Waals surface area contributed by atoms with E-state index in [1.807, 2.05) is 0 Å². The molecule has 0 spiro atoms. The zero-order valence-corrected chi connectivity index (χ0v) is 18.9. The third kappa shape index (κ3) is 7.46. The third-order valence-electron chi connectivity index (χ3n) is 4.63. The van der Waals surface area contributed by atoms with Crippen molar-refractivity contribution in [3.63, 3.8) is 0 Å². The minimum atomic E-state index is -5.69. The molecule has 198 valence electrons. The van der Waals surface area contributed by atoms with Gasteiger partial charge < -0.3 is 15.4 Å². The van der Waals surface area contributed by atoms with Gasteiger partial charge in [-0.25, -0.2) is 22.7 Å². The summed E-state index contributed by atoms with van der Waals surface area (Å²) in [5, 5.41) is 4.02. The summed E-state index contributed by atoms with van der Waals surface area (Å²) in [7, 11) is 0. The molecule has 3 rings (SSSR count). The average Bonchev–Trinajstić information content (AvgIpc) is 2.79. The van der Waals surface area contributed by atoms with Gasteiger partial charge in [0.1, 0.15) is 17.4 Å². The number of urea groups is 1. The van der Waals surface area contributed by atoms with E-state index >= 15 is 0 Å². The van der Waals surface area contributed by atoms with Crippen LogP contribution in [-0.2, 0) is 4.74 Å². The molecule has 0 heterocycles. The van der Waals surface area contributed by atoms with Crippen molar-refractivity contribution in [3.05, 3.63) is 94.5 Å². The van der Waals surface area contributed by atoms with Crippen molar-refractivity contribution in [1.82, 2.24) is 5.32 Å². The highest BCUT2D eigenvalue weighted by atomic mass is 35.5. The molecule has 0 aliphatic carbocycles. The number of benzene rings is 3. The summed E-state index contributed by atoms with van der Waals surface area (Å²) < 4.78 is 112. The second kappa shape index (κ2) is 11.2. The van der Waals surface area contributed by atoms with Crippen molar-refractivity contribution < 1.29 is 49.4 Å². The first-order valence-corrected chi connectivity index (χ1v) is 10.5. The number of hydrogen-bond donors (Lipinski definition) is 2. The van der Waals surface area contributed by atoms with Crippen molar-refractivity contribution in [2.24, 2.45) is 0 Å². The van der Waals surface area contributed by atoms with Gasteiger partial charge in [-0.2, -0.15) is 8.78 Å². The quantitative estimate of drug-likeness (QED) is 0.287. The maximum Gasteiger partial charge on any atom is 0.525 e. The maximum absolute atomic E-state index is 14.4. The van der Waals surface area contributed by atoms with Gasteiger partial charge in [0.05, 0.1) is 16.6 Å². The number of carbonyl (C=O) groups excluding carboxylic acids is 1. The molecule has 2 N–H and O–H groups in total. The molecule has 0 fully saturated rings. The SMILES string of the molecule is O=C(Nc1ccc(OC(F)(F)C(F)OC(F)(F)F)c(Cl)c1)NC(c1ccccc1)c1c(F)cccc1F. The molecule has 0 aliphatic heterocycles. The molecule has 0 aromatic heterocycles. The van der Waals surface area contributed by atoms with Gasteiger partial charge in [0, 0.05) is 5.69 Å². The summed E-state index contributed by atoms with van der Waals surface area (Å²) >= 11 is 5.78. The van der Waals surface area contributed by atoms with Gasteiger partial charge in [-0.05, 0) is 35.9 Å². The van der Waals surface area contributed by atoms with E-state index in [0.29, 0.717) is 5.56 Å². The summed E-state index contributed by atoms with van der Waals surface area (Å²) in [4.78, 5) is 12.6. The molecule has 2 unspecified atom stereocenters. The molecular formula is C23H15ClF8N2O3. The predicted molar refractivity (Wildman–Crippen MR) is 116 cm³/mol. The predicted octanol–water partition coefficient (Wildman–Crippen LogP) is 7.33. The Labute approximate surface area is 208 Å². The Morgan fingerprint density at radius 2 is 1.51 bits per heavy atom. The number of halogens is 9. The Balaban J connectivity index is 1.76. The second-order valence-corrected chi connectivity index (χ2v) is 7.67. The molecule has 0 saturated heterocycles. The molecular weight excluding hydrogens is 540 g/mol. The van der Waals surface area contributed by atoms with E-state index in [4.69, 9.17) is 11.6 Å². The van der Waals surface area contributed by atoms with Gasteiger partial charge in [0.15, 0.2) is 0 Å². The molecule has 3 aromatic rings. The first-order valence-electron chi connectivity index (χ1n) is 10.1. The zero-order chi connectivity index (χ0) is 27.4. The van der Waals surface area contributed by atoms with Gasteiger partial charge in [-0.1, -0.05) is 48.0 Å². The Hall–Kier alpha value is -3.58. The molecule has 37 heavy (non-hydrogen) atoms. The summed E-state index contributed by atoms with van der Waals surface area (Å²) in [5.41, 5.74) is -0.260. The second-order valence-electron chi connectivity index (χ2n) is 7.27. The van der Waals surface area contributed by atoms with Crippen LogP contribution in [-0.4, -0.2) is 24.9 Å². The standard InChI is InChI=1S/C23H15ClF8N2O3/c24-14-11-13(9-10-17(14)36-22(28,29)20(27)37-23(30,31)32)33-21(35)34-19(12-5-2-1-3-6-12)18-15(25)7-4-8-16(18)26/h1-11,19-20H,(H2,33,34,35). The lowest BCUT2D eigenvalue weighted by Gasteiger charge is -2.23. The van der Waals surface area contributed by atoms with Crippen LogP contribution in [0.15, 0.2) is 66.7 Å². The smallest absolute Gasteiger partial charge is 0.427 e. The fourth-order valence-corrected chi connectivity index (χ4v) is 3.31. The van der Waals surface area contributed by atoms with Gasteiger partial charge in [0.2, 0.25) is 0 Å². The molecule has 5 nitrogen and oxygen atoms in total. The molecule has 3 aromatic carbocycles. The van der Waals surface area contributed by atoms with Crippen LogP contribution < -0.4 is 15.4 Å². The maximum atomic E-state index is 14.4. The fraction of sp³-hybridized carbons (Fsp3) is 0.174. The van der Waals surface area contributed by atoms with Crippen LogP contribution in [0.2, 0.25) is 5.02 Å². The number of carbonyl (C=O) groups is 1. The third-order valence-corrected chi connectivity index (χ3v) is 4.93. The lowest BCUT2D eigenvalue weighted by Crippen LogP contribution is -2.41. The van der Waals surface area contributed by atoms with Crippen molar-refractivity contribution in [2.45, 2.75) is 24.9 Å². The fourth-order valence-electron chi connectivity index (χ4n) is 3.09.